The van der Waals surface area contributed by atoms with E-state index in [1.165, 1.54) is 0 Å². The van der Waals surface area contributed by atoms with Gasteiger partial charge in [0.25, 0.3) is 0 Å². The minimum absolute atomic E-state index is 0.190. The number of sulfonamides is 1. The highest BCUT2D eigenvalue weighted by Crippen LogP contribution is 2.26. The topological polar surface area (TPSA) is 80.5 Å². The summed E-state index contributed by atoms with van der Waals surface area (Å²) in [4.78, 5) is 11.4. The molecule has 0 aromatic heterocycles. The minimum Gasteiger partial charge on any atom is -0.369 e. The van der Waals surface area contributed by atoms with E-state index < -0.39 is 15.9 Å². The highest BCUT2D eigenvalue weighted by molar-refractivity contribution is 7.89. The molecule has 0 saturated heterocycles. The summed E-state index contributed by atoms with van der Waals surface area (Å²) >= 11 is 0. The number of carbonyl (C=O) groups excluding carboxylic acids is 1. The Kier molecular flexibility index (Phi) is 4.29. The summed E-state index contributed by atoms with van der Waals surface area (Å²) in [6.45, 7) is 3.10. The number of hydrogen-bond acceptors (Lipinski definition) is 3. The fourth-order valence-electron chi connectivity index (χ4n) is 2.25. The SMILES string of the molecule is CC(C)N(CC(N)=O)S(=O)(=O)c1cccc2ccccc12. The number of rotatable bonds is 5. The van der Waals surface area contributed by atoms with Gasteiger partial charge < -0.3 is 5.73 Å². The van der Waals surface area contributed by atoms with E-state index in [0.717, 1.165) is 9.69 Å². The molecule has 0 atom stereocenters. The van der Waals surface area contributed by atoms with Crippen molar-refractivity contribution >= 4 is 26.7 Å². The Bertz CT molecular complexity index is 764. The second kappa shape index (κ2) is 5.83. The van der Waals surface area contributed by atoms with Crippen molar-refractivity contribution in [1.82, 2.24) is 4.31 Å². The van der Waals surface area contributed by atoms with Crippen molar-refractivity contribution in [3.8, 4) is 0 Å². The highest BCUT2D eigenvalue weighted by Gasteiger charge is 2.29. The van der Waals surface area contributed by atoms with E-state index in [0.29, 0.717) is 5.39 Å². The number of benzene rings is 2. The summed E-state index contributed by atoms with van der Waals surface area (Å²) < 4.78 is 26.8. The van der Waals surface area contributed by atoms with Crippen LogP contribution in [-0.2, 0) is 14.8 Å². The molecule has 2 N–H and O–H groups in total. The van der Waals surface area contributed by atoms with Gasteiger partial charge in [0.2, 0.25) is 15.9 Å². The van der Waals surface area contributed by atoms with Crippen molar-refractivity contribution in [3.05, 3.63) is 42.5 Å². The van der Waals surface area contributed by atoms with Crippen molar-refractivity contribution in [3.63, 3.8) is 0 Å². The molecule has 0 spiro atoms. The van der Waals surface area contributed by atoms with Gasteiger partial charge in [-0.2, -0.15) is 4.31 Å². The number of nitrogens with two attached hydrogens (primary N) is 1. The number of carbonyl (C=O) groups is 1. The second-order valence-electron chi connectivity index (χ2n) is 5.09. The lowest BCUT2D eigenvalue weighted by Crippen LogP contribution is -2.42. The maximum atomic E-state index is 12.8. The fourth-order valence-corrected chi connectivity index (χ4v) is 4.06. The molecule has 0 aliphatic heterocycles. The van der Waals surface area contributed by atoms with E-state index in [-0.39, 0.29) is 17.5 Å². The normalized spacial score (nSPS) is 12.2. The fraction of sp³-hybridized carbons (Fsp3) is 0.267. The molecular formula is C15H18N2O3S. The molecule has 21 heavy (non-hydrogen) atoms. The summed E-state index contributed by atoms with van der Waals surface area (Å²) in [5.41, 5.74) is 5.17. The van der Waals surface area contributed by atoms with Crippen molar-refractivity contribution < 1.29 is 13.2 Å². The van der Waals surface area contributed by atoms with Crippen LogP contribution in [0.25, 0.3) is 10.8 Å². The molecular weight excluding hydrogens is 288 g/mol. The summed E-state index contributed by atoms with van der Waals surface area (Å²) in [6, 6.07) is 12.0. The number of hydrogen-bond donors (Lipinski definition) is 1. The van der Waals surface area contributed by atoms with Gasteiger partial charge in [-0.3, -0.25) is 4.79 Å². The predicted molar refractivity (Wildman–Crippen MR) is 82.2 cm³/mol. The molecule has 0 aliphatic carbocycles. The molecule has 0 radical (unpaired) electrons. The average Bonchev–Trinajstić information content (AvgIpc) is 2.43. The van der Waals surface area contributed by atoms with Crippen LogP contribution in [0, 0.1) is 0 Å². The maximum absolute atomic E-state index is 12.8. The third kappa shape index (κ3) is 3.06. The Labute approximate surface area is 124 Å². The van der Waals surface area contributed by atoms with Crippen molar-refractivity contribution in [1.29, 1.82) is 0 Å². The predicted octanol–water partition coefficient (Wildman–Crippen LogP) is 1.72. The third-order valence-electron chi connectivity index (χ3n) is 3.22. The van der Waals surface area contributed by atoms with E-state index in [2.05, 4.69) is 0 Å². The van der Waals surface area contributed by atoms with Crippen molar-refractivity contribution in [2.75, 3.05) is 6.54 Å². The Morgan fingerprint density at radius 2 is 1.76 bits per heavy atom. The molecule has 5 nitrogen and oxygen atoms in total. The first-order valence-corrected chi connectivity index (χ1v) is 8.06. The second-order valence-corrected chi connectivity index (χ2v) is 6.95. The van der Waals surface area contributed by atoms with Gasteiger partial charge in [-0.1, -0.05) is 36.4 Å². The Hall–Kier alpha value is -1.92. The largest absolute Gasteiger partial charge is 0.369 e. The number of amides is 1. The first kappa shape index (κ1) is 15.5. The molecule has 0 unspecified atom stereocenters. The Morgan fingerprint density at radius 1 is 1.14 bits per heavy atom. The summed E-state index contributed by atoms with van der Waals surface area (Å²) in [7, 11) is -3.79. The van der Waals surface area contributed by atoms with Crippen LogP contribution < -0.4 is 5.73 Å². The molecule has 112 valence electrons. The van der Waals surface area contributed by atoms with Gasteiger partial charge in [0.1, 0.15) is 0 Å². The van der Waals surface area contributed by atoms with Crippen LogP contribution in [0.1, 0.15) is 13.8 Å². The maximum Gasteiger partial charge on any atom is 0.244 e. The Balaban J connectivity index is 2.62. The third-order valence-corrected chi connectivity index (χ3v) is 5.30. The van der Waals surface area contributed by atoms with E-state index >= 15 is 0 Å². The van der Waals surface area contributed by atoms with Crippen LogP contribution in [0.5, 0.6) is 0 Å². The van der Waals surface area contributed by atoms with Gasteiger partial charge in [-0.05, 0) is 25.3 Å². The molecule has 0 fully saturated rings. The van der Waals surface area contributed by atoms with E-state index in [1.807, 2.05) is 18.2 Å². The highest BCUT2D eigenvalue weighted by atomic mass is 32.2. The molecule has 0 heterocycles. The zero-order chi connectivity index (χ0) is 15.6. The van der Waals surface area contributed by atoms with Crippen LogP contribution >= 0.6 is 0 Å². The van der Waals surface area contributed by atoms with Gasteiger partial charge in [-0.15, -0.1) is 0 Å². The van der Waals surface area contributed by atoms with Crippen LogP contribution in [0.3, 0.4) is 0 Å². The van der Waals surface area contributed by atoms with Crippen LogP contribution in [0.15, 0.2) is 47.4 Å². The summed E-state index contributed by atoms with van der Waals surface area (Å²) in [5.74, 6) is -0.674. The summed E-state index contributed by atoms with van der Waals surface area (Å²) in [6.07, 6.45) is 0. The lowest BCUT2D eigenvalue weighted by molar-refractivity contribution is -0.118. The molecule has 2 aromatic carbocycles. The van der Waals surface area contributed by atoms with Gasteiger partial charge in [0.05, 0.1) is 11.4 Å². The monoisotopic (exact) mass is 306 g/mol. The lowest BCUT2D eigenvalue weighted by Gasteiger charge is -2.25. The number of primary amides is 1. The molecule has 6 heteroatoms. The van der Waals surface area contributed by atoms with Gasteiger partial charge in [-0.25, -0.2) is 8.42 Å². The Morgan fingerprint density at radius 3 is 2.38 bits per heavy atom. The quantitative estimate of drug-likeness (QED) is 0.913. The summed E-state index contributed by atoms with van der Waals surface area (Å²) in [5, 5.41) is 1.47. The first-order valence-electron chi connectivity index (χ1n) is 6.62. The zero-order valence-corrected chi connectivity index (χ0v) is 12.8. The zero-order valence-electron chi connectivity index (χ0n) is 12.0. The molecule has 0 saturated carbocycles. The van der Waals surface area contributed by atoms with Gasteiger partial charge in [0.15, 0.2) is 0 Å². The molecule has 2 aromatic rings. The molecule has 0 aliphatic rings. The van der Waals surface area contributed by atoms with Crippen molar-refractivity contribution in [2.45, 2.75) is 24.8 Å². The smallest absolute Gasteiger partial charge is 0.244 e. The minimum atomic E-state index is -3.79. The number of fused-ring (bicyclic) bond motifs is 1. The van der Waals surface area contributed by atoms with Crippen LogP contribution in [0.4, 0.5) is 0 Å². The van der Waals surface area contributed by atoms with Gasteiger partial charge >= 0.3 is 0 Å². The average molecular weight is 306 g/mol. The standard InChI is InChI=1S/C15H18N2O3S/c1-11(2)17(10-15(16)18)21(19,20)14-9-5-7-12-6-3-4-8-13(12)14/h3-9,11H,10H2,1-2H3,(H2,16,18). The van der Waals surface area contributed by atoms with E-state index in [4.69, 9.17) is 5.73 Å². The lowest BCUT2D eigenvalue weighted by atomic mass is 10.1. The molecule has 2 rings (SSSR count). The first-order chi connectivity index (χ1) is 9.84. The van der Waals surface area contributed by atoms with E-state index in [9.17, 15) is 13.2 Å². The molecule has 0 bridgehead atoms. The van der Waals surface area contributed by atoms with Gasteiger partial charge in [0, 0.05) is 11.4 Å². The van der Waals surface area contributed by atoms with Crippen LogP contribution in [-0.4, -0.2) is 31.2 Å². The van der Waals surface area contributed by atoms with Crippen molar-refractivity contribution in [2.24, 2.45) is 5.73 Å². The van der Waals surface area contributed by atoms with Crippen LogP contribution in [0.2, 0.25) is 0 Å². The number of nitrogens with zero attached hydrogens (tertiary/aromatic N) is 1. The van der Waals surface area contributed by atoms with E-state index in [1.54, 1.807) is 38.1 Å². The molecule has 1 amide bonds.